The van der Waals surface area contributed by atoms with Crippen molar-refractivity contribution in [1.82, 2.24) is 9.88 Å². The van der Waals surface area contributed by atoms with Crippen molar-refractivity contribution in [3.8, 4) is 5.88 Å². The van der Waals surface area contributed by atoms with Crippen molar-refractivity contribution in [2.75, 3.05) is 13.2 Å². The van der Waals surface area contributed by atoms with Gasteiger partial charge >= 0.3 is 0 Å². The van der Waals surface area contributed by atoms with Crippen LogP contribution in [0.25, 0.3) is 0 Å². The van der Waals surface area contributed by atoms with E-state index in [-0.39, 0.29) is 24.2 Å². The number of halogens is 1. The monoisotopic (exact) mass is 324 g/mol. The molecule has 2 unspecified atom stereocenters. The van der Waals surface area contributed by atoms with Crippen molar-refractivity contribution < 1.29 is 14.3 Å². The first-order valence-corrected chi connectivity index (χ1v) is 8.19. The van der Waals surface area contributed by atoms with Crippen molar-refractivity contribution in [2.24, 2.45) is 0 Å². The number of carbonyl (C=O) groups is 1. The van der Waals surface area contributed by atoms with E-state index in [2.05, 4.69) is 4.98 Å². The van der Waals surface area contributed by atoms with Gasteiger partial charge in [-0.25, -0.2) is 4.98 Å². The van der Waals surface area contributed by atoms with Gasteiger partial charge in [0, 0.05) is 12.7 Å². The molecule has 1 saturated carbocycles. The molecule has 2 fully saturated rings. The summed E-state index contributed by atoms with van der Waals surface area (Å²) in [4.78, 5) is 18.9. The van der Waals surface area contributed by atoms with E-state index in [1.807, 2.05) is 18.7 Å². The first-order valence-electron chi connectivity index (χ1n) is 7.81. The molecular weight excluding hydrogens is 304 g/mol. The fraction of sp³-hybridized carbons (Fsp3) is 0.625. The fourth-order valence-electron chi connectivity index (χ4n) is 3.20. The maximum Gasteiger partial charge on any atom is 0.255 e. The third kappa shape index (κ3) is 3.06. The van der Waals surface area contributed by atoms with E-state index < -0.39 is 0 Å². The Kier molecular flexibility index (Phi) is 4.54. The summed E-state index contributed by atoms with van der Waals surface area (Å²) >= 11 is 6.18. The molecule has 120 valence electrons. The van der Waals surface area contributed by atoms with E-state index in [0.717, 1.165) is 19.3 Å². The number of fused-ring (bicyclic) bond motifs is 1. The second-order valence-corrected chi connectivity index (χ2v) is 6.49. The second-order valence-electron chi connectivity index (χ2n) is 6.08. The quantitative estimate of drug-likeness (QED) is 0.858. The summed E-state index contributed by atoms with van der Waals surface area (Å²) in [6.07, 6.45) is 4.88. The van der Waals surface area contributed by atoms with E-state index in [1.165, 1.54) is 0 Å². The van der Waals surface area contributed by atoms with Crippen LogP contribution >= 0.6 is 11.6 Å². The molecule has 0 aromatic carbocycles. The minimum absolute atomic E-state index is 0.00922. The topological polar surface area (TPSA) is 51.7 Å². The number of hydrogen-bond acceptors (Lipinski definition) is 4. The third-order valence-electron chi connectivity index (χ3n) is 4.14. The molecule has 1 amide bonds. The maximum atomic E-state index is 12.8. The van der Waals surface area contributed by atoms with E-state index in [9.17, 15) is 4.79 Å². The maximum absolute atomic E-state index is 12.8. The number of carbonyl (C=O) groups excluding carboxylic acids is 1. The van der Waals surface area contributed by atoms with E-state index in [1.54, 1.807) is 12.3 Å². The number of nitrogens with zero attached hydrogens (tertiary/aromatic N) is 2. The first-order chi connectivity index (χ1) is 10.6. The summed E-state index contributed by atoms with van der Waals surface area (Å²) < 4.78 is 11.3. The highest BCUT2D eigenvalue weighted by molar-refractivity contribution is 6.32. The lowest BCUT2D eigenvalue weighted by molar-refractivity contribution is -0.0445. The van der Waals surface area contributed by atoms with Gasteiger partial charge in [0.2, 0.25) is 5.88 Å². The van der Waals surface area contributed by atoms with Gasteiger partial charge in [-0.05, 0) is 39.2 Å². The van der Waals surface area contributed by atoms with Gasteiger partial charge in [-0.3, -0.25) is 4.79 Å². The van der Waals surface area contributed by atoms with Gasteiger partial charge in [-0.15, -0.1) is 0 Å². The molecule has 6 heteroatoms. The number of morpholine rings is 1. The molecule has 0 N–H and O–H groups in total. The lowest BCUT2D eigenvalue weighted by Crippen LogP contribution is -2.51. The average molecular weight is 325 g/mol. The number of ether oxygens (including phenoxy) is 2. The number of pyridine rings is 1. The molecule has 22 heavy (non-hydrogen) atoms. The minimum atomic E-state index is -0.0225. The van der Waals surface area contributed by atoms with Crippen LogP contribution in [0.4, 0.5) is 0 Å². The van der Waals surface area contributed by atoms with Gasteiger partial charge in [0.1, 0.15) is 5.02 Å². The van der Waals surface area contributed by atoms with Crippen LogP contribution in [-0.4, -0.2) is 47.2 Å². The van der Waals surface area contributed by atoms with Gasteiger partial charge in [-0.1, -0.05) is 11.6 Å². The number of amides is 1. The number of rotatable bonds is 3. The van der Waals surface area contributed by atoms with Gasteiger partial charge in [0.15, 0.2) is 0 Å². The van der Waals surface area contributed by atoms with E-state index in [0.29, 0.717) is 29.6 Å². The van der Waals surface area contributed by atoms with Crippen molar-refractivity contribution in [2.45, 2.75) is 51.4 Å². The predicted octanol–water partition coefficient (Wildman–Crippen LogP) is 2.92. The predicted molar refractivity (Wildman–Crippen MR) is 83.4 cm³/mol. The van der Waals surface area contributed by atoms with Crippen LogP contribution in [0.2, 0.25) is 5.02 Å². The zero-order valence-corrected chi connectivity index (χ0v) is 13.7. The molecule has 0 bridgehead atoms. The van der Waals surface area contributed by atoms with Crippen molar-refractivity contribution >= 4 is 17.5 Å². The Morgan fingerprint density at radius 3 is 3.05 bits per heavy atom. The molecule has 3 rings (SSSR count). The van der Waals surface area contributed by atoms with Crippen molar-refractivity contribution in [3.05, 3.63) is 22.8 Å². The molecule has 1 aliphatic heterocycles. The Morgan fingerprint density at radius 2 is 2.32 bits per heavy atom. The van der Waals surface area contributed by atoms with Crippen molar-refractivity contribution in [1.29, 1.82) is 0 Å². The molecule has 1 aliphatic carbocycles. The number of hydrogen-bond donors (Lipinski definition) is 0. The molecule has 1 saturated heterocycles. The largest absolute Gasteiger partial charge is 0.474 e. The summed E-state index contributed by atoms with van der Waals surface area (Å²) in [6.45, 7) is 5.04. The highest BCUT2D eigenvalue weighted by Crippen LogP contribution is 2.31. The Labute approximate surface area is 135 Å². The van der Waals surface area contributed by atoms with E-state index in [4.69, 9.17) is 21.1 Å². The number of aromatic nitrogens is 1. The molecular formula is C16H21ClN2O3. The third-order valence-corrected chi connectivity index (χ3v) is 4.42. The fourth-order valence-corrected chi connectivity index (χ4v) is 3.41. The van der Waals surface area contributed by atoms with Gasteiger partial charge < -0.3 is 14.4 Å². The van der Waals surface area contributed by atoms with Crippen LogP contribution in [-0.2, 0) is 4.74 Å². The SMILES string of the molecule is CC(C)Oc1ncc(C(=O)N2CCOC3CCCC32)cc1Cl. The average Bonchev–Trinajstić information content (AvgIpc) is 2.96. The smallest absolute Gasteiger partial charge is 0.255 e. The Balaban J connectivity index is 1.78. The lowest BCUT2D eigenvalue weighted by atomic mass is 10.1. The van der Waals surface area contributed by atoms with Gasteiger partial charge in [0.25, 0.3) is 5.91 Å². The molecule has 0 spiro atoms. The van der Waals surface area contributed by atoms with Crippen molar-refractivity contribution in [3.63, 3.8) is 0 Å². The molecule has 0 radical (unpaired) electrons. The second kappa shape index (κ2) is 6.42. The molecule has 1 aromatic rings. The van der Waals surface area contributed by atoms with Crippen LogP contribution < -0.4 is 4.74 Å². The summed E-state index contributed by atoms with van der Waals surface area (Å²) in [7, 11) is 0. The van der Waals surface area contributed by atoms with Crippen LogP contribution in [0, 0.1) is 0 Å². The van der Waals surface area contributed by atoms with Gasteiger partial charge in [0.05, 0.1) is 30.4 Å². The standard InChI is InChI=1S/C16H21ClN2O3/c1-10(2)22-15-12(17)8-11(9-18-15)16(20)19-6-7-21-14-5-3-4-13(14)19/h8-10,13-14H,3-7H2,1-2H3. The summed E-state index contributed by atoms with van der Waals surface area (Å²) in [5.74, 6) is 0.347. The van der Waals surface area contributed by atoms with E-state index >= 15 is 0 Å². The molecule has 2 heterocycles. The van der Waals surface area contributed by atoms with Crippen LogP contribution in [0.15, 0.2) is 12.3 Å². The molecule has 2 aliphatic rings. The summed E-state index contributed by atoms with van der Waals surface area (Å²) in [5.41, 5.74) is 0.508. The normalized spacial score (nSPS) is 24.5. The molecule has 1 aromatic heterocycles. The molecule has 5 nitrogen and oxygen atoms in total. The lowest BCUT2D eigenvalue weighted by Gasteiger charge is -2.37. The molecule has 2 atom stereocenters. The zero-order valence-electron chi connectivity index (χ0n) is 12.9. The Morgan fingerprint density at radius 1 is 1.50 bits per heavy atom. The highest BCUT2D eigenvalue weighted by Gasteiger charge is 2.38. The highest BCUT2D eigenvalue weighted by atomic mass is 35.5. The Bertz CT molecular complexity index is 564. The van der Waals surface area contributed by atoms with Crippen LogP contribution in [0.1, 0.15) is 43.5 Å². The zero-order chi connectivity index (χ0) is 15.7. The Hall–Kier alpha value is -1.33. The van der Waals surface area contributed by atoms with Crippen LogP contribution in [0.3, 0.4) is 0 Å². The van der Waals surface area contributed by atoms with Gasteiger partial charge in [-0.2, -0.15) is 0 Å². The summed E-state index contributed by atoms with van der Waals surface area (Å²) in [6, 6.07) is 1.83. The first kappa shape index (κ1) is 15.6. The summed E-state index contributed by atoms with van der Waals surface area (Å²) in [5, 5.41) is 0.371. The minimum Gasteiger partial charge on any atom is -0.474 e. The van der Waals surface area contributed by atoms with Crippen LogP contribution in [0.5, 0.6) is 5.88 Å².